The highest BCUT2D eigenvalue weighted by molar-refractivity contribution is 6.04. The van der Waals surface area contributed by atoms with Gasteiger partial charge in [-0.25, -0.2) is 9.59 Å². The van der Waals surface area contributed by atoms with E-state index in [0.717, 1.165) is 0 Å². The lowest BCUT2D eigenvalue weighted by molar-refractivity contribution is -0.139. The molecule has 10 heteroatoms. The SMILES string of the molecule is C[C@H](NC(=O)c1ccc(-c2noc(=O)[nH]2)cc1)C(=O)c1ccc(OCC(=O)O)cc1. The maximum absolute atomic E-state index is 12.5. The van der Waals surface area contributed by atoms with Crippen molar-refractivity contribution in [1.29, 1.82) is 0 Å². The number of aliphatic carboxylic acids is 1. The van der Waals surface area contributed by atoms with Gasteiger partial charge in [0.25, 0.3) is 5.91 Å². The number of carbonyl (C=O) groups excluding carboxylic acids is 2. The molecule has 0 saturated heterocycles. The first-order valence-corrected chi connectivity index (χ1v) is 8.79. The summed E-state index contributed by atoms with van der Waals surface area (Å²) in [5, 5.41) is 14.8. The van der Waals surface area contributed by atoms with Gasteiger partial charge in [-0.15, -0.1) is 0 Å². The maximum Gasteiger partial charge on any atom is 0.439 e. The van der Waals surface area contributed by atoms with Crippen molar-refractivity contribution in [3.63, 3.8) is 0 Å². The number of benzene rings is 2. The lowest BCUT2D eigenvalue weighted by atomic mass is 10.0. The molecule has 0 radical (unpaired) electrons. The maximum atomic E-state index is 12.5. The topological polar surface area (TPSA) is 152 Å². The van der Waals surface area contributed by atoms with Crippen molar-refractivity contribution in [2.75, 3.05) is 6.61 Å². The normalized spacial score (nSPS) is 11.5. The van der Waals surface area contributed by atoms with E-state index in [4.69, 9.17) is 9.84 Å². The van der Waals surface area contributed by atoms with Crippen molar-refractivity contribution in [3.8, 4) is 17.1 Å². The van der Waals surface area contributed by atoms with E-state index in [2.05, 4.69) is 20.0 Å². The smallest absolute Gasteiger partial charge is 0.439 e. The Morgan fingerprint density at radius 2 is 1.73 bits per heavy atom. The molecule has 2 aromatic carbocycles. The van der Waals surface area contributed by atoms with Gasteiger partial charge < -0.3 is 15.2 Å². The summed E-state index contributed by atoms with van der Waals surface area (Å²) in [6, 6.07) is 11.4. The number of hydrogen-bond acceptors (Lipinski definition) is 7. The molecule has 1 aromatic heterocycles. The van der Waals surface area contributed by atoms with E-state index in [1.54, 1.807) is 19.1 Å². The molecule has 154 valence electrons. The van der Waals surface area contributed by atoms with Crippen LogP contribution in [0.3, 0.4) is 0 Å². The van der Waals surface area contributed by atoms with Crippen molar-refractivity contribution in [2.45, 2.75) is 13.0 Å². The van der Waals surface area contributed by atoms with E-state index < -0.39 is 30.3 Å². The number of amides is 1. The number of carboxylic acids is 1. The van der Waals surface area contributed by atoms with Crippen molar-refractivity contribution >= 4 is 17.7 Å². The third-order valence-corrected chi connectivity index (χ3v) is 4.10. The zero-order valence-electron chi connectivity index (χ0n) is 15.7. The van der Waals surface area contributed by atoms with Crippen LogP contribution < -0.4 is 15.8 Å². The zero-order chi connectivity index (χ0) is 21.7. The minimum atomic E-state index is -1.10. The molecule has 0 saturated carbocycles. The molecule has 3 aromatic rings. The van der Waals surface area contributed by atoms with Gasteiger partial charge in [-0.1, -0.05) is 17.3 Å². The number of nitrogens with zero attached hydrogens (tertiary/aromatic N) is 1. The quantitative estimate of drug-likeness (QED) is 0.472. The number of ether oxygens (including phenoxy) is 1. The Balaban J connectivity index is 1.61. The summed E-state index contributed by atoms with van der Waals surface area (Å²) in [4.78, 5) is 48.9. The first-order chi connectivity index (χ1) is 14.3. The first kappa shape index (κ1) is 20.5. The van der Waals surface area contributed by atoms with Gasteiger partial charge in [-0.05, 0) is 43.3 Å². The molecule has 1 heterocycles. The molecule has 30 heavy (non-hydrogen) atoms. The van der Waals surface area contributed by atoms with Crippen LogP contribution in [-0.2, 0) is 4.79 Å². The van der Waals surface area contributed by atoms with Crippen LogP contribution in [0, 0.1) is 0 Å². The van der Waals surface area contributed by atoms with E-state index in [0.29, 0.717) is 22.4 Å². The molecule has 10 nitrogen and oxygen atoms in total. The van der Waals surface area contributed by atoms with Crippen molar-refractivity contribution in [3.05, 3.63) is 70.2 Å². The van der Waals surface area contributed by atoms with E-state index in [1.807, 2.05) is 0 Å². The van der Waals surface area contributed by atoms with Crippen LogP contribution in [0.1, 0.15) is 27.6 Å². The van der Waals surface area contributed by atoms with Crippen LogP contribution in [0.25, 0.3) is 11.4 Å². The largest absolute Gasteiger partial charge is 0.482 e. The molecule has 0 aliphatic heterocycles. The second kappa shape index (κ2) is 8.86. The molecule has 3 rings (SSSR count). The highest BCUT2D eigenvalue weighted by Crippen LogP contribution is 2.16. The Morgan fingerprint density at radius 3 is 2.30 bits per heavy atom. The first-order valence-electron chi connectivity index (χ1n) is 8.79. The molecule has 0 spiro atoms. The molecule has 1 atom stereocenters. The zero-order valence-corrected chi connectivity index (χ0v) is 15.7. The highest BCUT2D eigenvalue weighted by Gasteiger charge is 2.18. The fourth-order valence-corrected chi connectivity index (χ4v) is 2.59. The third kappa shape index (κ3) is 4.98. The molecule has 0 aliphatic rings. The molecule has 0 unspecified atom stereocenters. The molecule has 0 bridgehead atoms. The number of aromatic amines is 1. The van der Waals surface area contributed by atoms with Gasteiger partial charge >= 0.3 is 11.7 Å². The second-order valence-electron chi connectivity index (χ2n) is 6.29. The number of nitrogens with one attached hydrogen (secondary N) is 2. The van der Waals surface area contributed by atoms with E-state index in [1.165, 1.54) is 36.4 Å². The summed E-state index contributed by atoms with van der Waals surface area (Å²) >= 11 is 0. The fourth-order valence-electron chi connectivity index (χ4n) is 2.59. The van der Waals surface area contributed by atoms with E-state index >= 15 is 0 Å². The van der Waals surface area contributed by atoms with E-state index in [-0.39, 0.29) is 11.6 Å². The predicted molar refractivity (Wildman–Crippen MR) is 103 cm³/mol. The van der Waals surface area contributed by atoms with Crippen LogP contribution in [0.15, 0.2) is 57.8 Å². The molecule has 0 fully saturated rings. The van der Waals surface area contributed by atoms with Crippen LogP contribution in [0.4, 0.5) is 0 Å². The monoisotopic (exact) mass is 411 g/mol. The summed E-state index contributed by atoms with van der Waals surface area (Å²) in [6.07, 6.45) is 0. The standard InChI is InChI=1S/C20H17N3O7/c1-11(17(26)12-6-8-15(9-7-12)29-10-16(24)25)21-19(27)14-4-2-13(3-5-14)18-22-20(28)30-23-18/h2-9,11H,10H2,1H3,(H,21,27)(H,24,25)(H,22,23,28)/t11-/m0/s1. The third-order valence-electron chi connectivity index (χ3n) is 4.10. The van der Waals surface area contributed by atoms with Gasteiger partial charge in [0.05, 0.1) is 6.04 Å². The van der Waals surface area contributed by atoms with Gasteiger partial charge in [0.1, 0.15) is 5.75 Å². The Bertz CT molecular complexity index is 1110. The van der Waals surface area contributed by atoms with Gasteiger partial charge in [-0.2, -0.15) is 0 Å². The number of ketones is 1. The average Bonchev–Trinajstić information content (AvgIpc) is 3.18. The predicted octanol–water partition coefficient (Wildman–Crippen LogP) is 1.49. The molecular weight excluding hydrogens is 394 g/mol. The van der Waals surface area contributed by atoms with Crippen molar-refractivity contribution in [2.24, 2.45) is 0 Å². The number of hydrogen-bond donors (Lipinski definition) is 3. The van der Waals surface area contributed by atoms with Gasteiger partial charge in [0, 0.05) is 16.7 Å². The summed E-state index contributed by atoms with van der Waals surface area (Å²) in [6.45, 7) is 1.08. The number of aromatic nitrogens is 2. The highest BCUT2D eigenvalue weighted by atomic mass is 16.5. The van der Waals surface area contributed by atoms with Gasteiger partial charge in [0.15, 0.2) is 18.2 Å². The summed E-state index contributed by atoms with van der Waals surface area (Å²) in [7, 11) is 0. The Hall–Kier alpha value is -4.21. The number of rotatable bonds is 8. The molecule has 0 aliphatic carbocycles. The number of Topliss-reactive ketones (excluding diaryl/α,β-unsaturated/α-hetero) is 1. The summed E-state index contributed by atoms with van der Waals surface area (Å²) < 4.78 is 9.45. The second-order valence-corrected chi connectivity index (χ2v) is 6.29. The van der Waals surface area contributed by atoms with Crippen LogP contribution in [0.2, 0.25) is 0 Å². The van der Waals surface area contributed by atoms with Gasteiger partial charge in [0.2, 0.25) is 0 Å². The lowest BCUT2D eigenvalue weighted by Crippen LogP contribution is -2.38. The van der Waals surface area contributed by atoms with Crippen molar-refractivity contribution < 1.29 is 28.8 Å². The van der Waals surface area contributed by atoms with Crippen LogP contribution in [0.5, 0.6) is 5.75 Å². The number of carbonyl (C=O) groups is 3. The fraction of sp³-hybridized carbons (Fsp3) is 0.150. The van der Waals surface area contributed by atoms with Crippen LogP contribution >= 0.6 is 0 Å². The molecule has 3 N–H and O–H groups in total. The van der Waals surface area contributed by atoms with Gasteiger partial charge in [-0.3, -0.25) is 19.1 Å². The minimum Gasteiger partial charge on any atom is -0.482 e. The minimum absolute atomic E-state index is 0.242. The average molecular weight is 411 g/mol. The van der Waals surface area contributed by atoms with Crippen LogP contribution in [-0.4, -0.2) is 45.6 Å². The van der Waals surface area contributed by atoms with Crippen molar-refractivity contribution in [1.82, 2.24) is 15.5 Å². The summed E-state index contributed by atoms with van der Waals surface area (Å²) in [5.41, 5.74) is 1.23. The Morgan fingerprint density at radius 1 is 1.10 bits per heavy atom. The Kier molecular flexibility index (Phi) is 6.06. The Labute approximate surface area is 169 Å². The lowest BCUT2D eigenvalue weighted by Gasteiger charge is -2.13. The van der Waals surface area contributed by atoms with E-state index in [9.17, 15) is 19.2 Å². The molecule has 1 amide bonds. The molecular formula is C20H17N3O7. The number of H-pyrrole nitrogens is 1. The summed E-state index contributed by atoms with van der Waals surface area (Å²) in [5.74, 6) is -1.98. The number of carboxylic acid groups (broad SMARTS) is 1.